The van der Waals surface area contributed by atoms with Crippen LogP contribution in [0.2, 0.25) is 15.1 Å². The van der Waals surface area contributed by atoms with Crippen LogP contribution in [0.25, 0.3) is 0 Å². The summed E-state index contributed by atoms with van der Waals surface area (Å²) in [5, 5.41) is 11.8. The van der Waals surface area contributed by atoms with Crippen molar-refractivity contribution in [2.75, 3.05) is 0 Å². The van der Waals surface area contributed by atoms with Crippen LogP contribution in [0, 0.1) is 17.1 Å². The van der Waals surface area contributed by atoms with Crippen molar-refractivity contribution in [2.24, 2.45) is 0 Å². The van der Waals surface area contributed by atoms with Gasteiger partial charge in [-0.1, -0.05) is 40.9 Å². The van der Waals surface area contributed by atoms with Gasteiger partial charge in [-0.2, -0.15) is 5.26 Å². The van der Waals surface area contributed by atoms with E-state index in [0.29, 0.717) is 0 Å². The highest BCUT2D eigenvalue weighted by Gasteiger charge is 2.20. The number of nitrogens with zero attached hydrogens (tertiary/aromatic N) is 1. The first-order valence-electron chi connectivity index (χ1n) is 8.72. The van der Waals surface area contributed by atoms with Crippen molar-refractivity contribution in [2.45, 2.75) is 13.5 Å². The second-order valence-electron chi connectivity index (χ2n) is 6.37. The number of carbonyl (C=O) groups is 2. The van der Waals surface area contributed by atoms with Crippen molar-refractivity contribution < 1.29 is 18.7 Å². The van der Waals surface area contributed by atoms with Gasteiger partial charge in [0.2, 0.25) is 0 Å². The highest BCUT2D eigenvalue weighted by molar-refractivity contribution is 6.36. The normalized spacial score (nSPS) is 10.5. The van der Waals surface area contributed by atoms with Crippen LogP contribution in [0.1, 0.15) is 38.9 Å². The fraction of sp³-hybridized carbons (Fsp3) is 0.0952. The molecule has 0 bridgehead atoms. The minimum absolute atomic E-state index is 0.00966. The Balaban J connectivity index is 1.81. The van der Waals surface area contributed by atoms with Crippen molar-refractivity contribution in [3.8, 4) is 17.6 Å². The lowest BCUT2D eigenvalue weighted by Crippen LogP contribution is -2.24. The van der Waals surface area contributed by atoms with Gasteiger partial charge < -0.3 is 15.0 Å². The molecule has 2 N–H and O–H groups in total. The zero-order valence-corrected chi connectivity index (χ0v) is 18.1. The van der Waals surface area contributed by atoms with E-state index >= 15 is 4.39 Å². The Labute approximate surface area is 191 Å². The Hall–Kier alpha value is -3.05. The molecule has 31 heavy (non-hydrogen) atoms. The molecule has 0 fully saturated rings. The highest BCUT2D eigenvalue weighted by atomic mass is 35.5. The van der Waals surface area contributed by atoms with E-state index in [1.807, 2.05) is 6.07 Å². The molecule has 0 atom stereocenters. The summed E-state index contributed by atoms with van der Waals surface area (Å²) in [6, 6.07) is 8.95. The van der Waals surface area contributed by atoms with Crippen LogP contribution in [-0.4, -0.2) is 16.7 Å². The second-order valence-corrected chi connectivity index (χ2v) is 7.59. The Morgan fingerprint density at radius 2 is 1.97 bits per heavy atom. The van der Waals surface area contributed by atoms with E-state index in [1.54, 1.807) is 0 Å². The van der Waals surface area contributed by atoms with Gasteiger partial charge in [0.25, 0.3) is 5.91 Å². The first-order chi connectivity index (χ1) is 14.7. The van der Waals surface area contributed by atoms with Crippen molar-refractivity contribution in [1.29, 1.82) is 5.26 Å². The summed E-state index contributed by atoms with van der Waals surface area (Å²) in [6.07, 6.45) is 1.33. The number of H-pyrrole nitrogens is 1. The SMILES string of the molecule is CC(=O)c1c[nH]c(C(=O)NCc2ccc(Cl)c(Oc3cc(Cl)cc(C#N)c3)c2F)c1Cl. The third-order valence-corrected chi connectivity index (χ3v) is 5.12. The number of halogens is 4. The number of nitriles is 1. The van der Waals surface area contributed by atoms with Gasteiger partial charge in [0.1, 0.15) is 11.4 Å². The average Bonchev–Trinajstić information content (AvgIpc) is 3.11. The first kappa shape index (κ1) is 22.6. The van der Waals surface area contributed by atoms with E-state index in [1.165, 1.54) is 43.5 Å². The predicted molar refractivity (Wildman–Crippen MR) is 115 cm³/mol. The van der Waals surface area contributed by atoms with E-state index in [2.05, 4.69) is 10.3 Å². The number of aromatic nitrogens is 1. The minimum Gasteiger partial charge on any atom is -0.453 e. The zero-order chi connectivity index (χ0) is 22.7. The molecule has 0 radical (unpaired) electrons. The lowest BCUT2D eigenvalue weighted by molar-refractivity contribution is 0.0946. The summed E-state index contributed by atoms with van der Waals surface area (Å²) in [6.45, 7) is 1.11. The molecular weight excluding hydrogens is 468 g/mol. The number of nitrogens with one attached hydrogen (secondary N) is 2. The molecule has 2 aromatic carbocycles. The number of aromatic amines is 1. The standard InChI is InChI=1S/C21H13Cl3FN3O3/c1-10(29)15-9-27-19(17(15)24)21(30)28-8-12-2-3-16(23)20(18(12)25)31-14-5-11(7-26)4-13(22)6-14/h2-6,9,27H,8H2,1H3,(H,28,30). The number of rotatable bonds is 6. The monoisotopic (exact) mass is 479 g/mol. The zero-order valence-electron chi connectivity index (χ0n) is 15.9. The van der Waals surface area contributed by atoms with Crippen molar-refractivity contribution >= 4 is 46.5 Å². The van der Waals surface area contributed by atoms with E-state index in [9.17, 15) is 9.59 Å². The number of ketones is 1. The number of hydrogen-bond donors (Lipinski definition) is 2. The molecule has 158 valence electrons. The molecule has 1 aromatic heterocycles. The van der Waals surface area contributed by atoms with Crippen LogP contribution in [0.3, 0.4) is 0 Å². The first-order valence-corrected chi connectivity index (χ1v) is 9.86. The van der Waals surface area contributed by atoms with E-state index in [0.717, 1.165) is 0 Å². The molecule has 0 aliphatic rings. The lowest BCUT2D eigenvalue weighted by Gasteiger charge is -2.13. The molecular formula is C21H13Cl3FN3O3. The average molecular weight is 481 g/mol. The number of Topliss-reactive ketones (excluding diaryl/α,β-unsaturated/α-hetero) is 1. The van der Waals surface area contributed by atoms with Gasteiger partial charge in [0.05, 0.1) is 27.2 Å². The summed E-state index contributed by atoms with van der Waals surface area (Å²) in [7, 11) is 0. The third kappa shape index (κ3) is 5.00. The van der Waals surface area contributed by atoms with Gasteiger partial charge in [-0.15, -0.1) is 0 Å². The molecule has 0 aliphatic carbocycles. The molecule has 1 heterocycles. The molecule has 0 spiro atoms. The molecule has 6 nitrogen and oxygen atoms in total. The Morgan fingerprint density at radius 3 is 2.61 bits per heavy atom. The van der Waals surface area contributed by atoms with Crippen LogP contribution < -0.4 is 10.1 Å². The summed E-state index contributed by atoms with van der Waals surface area (Å²) in [4.78, 5) is 26.5. The lowest BCUT2D eigenvalue weighted by atomic mass is 10.2. The van der Waals surface area contributed by atoms with Crippen LogP contribution in [0.15, 0.2) is 36.5 Å². The number of amides is 1. The Bertz CT molecular complexity index is 1230. The molecule has 0 aliphatic heterocycles. The Morgan fingerprint density at radius 1 is 1.23 bits per heavy atom. The van der Waals surface area contributed by atoms with E-state index < -0.39 is 11.7 Å². The van der Waals surface area contributed by atoms with Gasteiger partial charge in [-0.25, -0.2) is 4.39 Å². The summed E-state index contributed by atoms with van der Waals surface area (Å²) >= 11 is 18.1. The van der Waals surface area contributed by atoms with Gasteiger partial charge in [-0.05, 0) is 31.2 Å². The minimum atomic E-state index is -0.798. The number of hydrogen-bond acceptors (Lipinski definition) is 4. The van der Waals surface area contributed by atoms with Crippen molar-refractivity contribution in [3.05, 3.63) is 79.8 Å². The second kappa shape index (κ2) is 9.40. The molecule has 3 rings (SSSR count). The van der Waals surface area contributed by atoms with Gasteiger partial charge in [-0.3, -0.25) is 9.59 Å². The molecule has 0 saturated heterocycles. The van der Waals surface area contributed by atoms with Crippen LogP contribution in [0.5, 0.6) is 11.5 Å². The number of benzene rings is 2. The fourth-order valence-electron chi connectivity index (χ4n) is 2.70. The maximum atomic E-state index is 15.0. The molecule has 10 heteroatoms. The van der Waals surface area contributed by atoms with Gasteiger partial charge >= 0.3 is 0 Å². The summed E-state index contributed by atoms with van der Waals surface area (Å²) in [5.74, 6) is -1.88. The molecule has 3 aromatic rings. The maximum Gasteiger partial charge on any atom is 0.269 e. The number of carbonyl (C=O) groups excluding carboxylic acids is 2. The highest BCUT2D eigenvalue weighted by Crippen LogP contribution is 2.35. The predicted octanol–water partition coefficient (Wildman–Crippen LogP) is 5.91. The summed E-state index contributed by atoms with van der Waals surface area (Å²) < 4.78 is 20.5. The third-order valence-electron chi connectivity index (χ3n) is 4.21. The smallest absolute Gasteiger partial charge is 0.269 e. The van der Waals surface area contributed by atoms with Crippen LogP contribution in [0.4, 0.5) is 4.39 Å². The van der Waals surface area contributed by atoms with Crippen molar-refractivity contribution in [1.82, 2.24) is 10.3 Å². The molecule has 0 saturated carbocycles. The topological polar surface area (TPSA) is 95.0 Å². The van der Waals surface area contributed by atoms with Gasteiger partial charge in [0.15, 0.2) is 17.3 Å². The van der Waals surface area contributed by atoms with Crippen molar-refractivity contribution in [3.63, 3.8) is 0 Å². The molecule has 1 amide bonds. The molecule has 0 unspecified atom stereocenters. The largest absolute Gasteiger partial charge is 0.453 e. The van der Waals surface area contributed by atoms with Crippen LogP contribution in [-0.2, 0) is 6.54 Å². The van der Waals surface area contributed by atoms with Crippen LogP contribution >= 0.6 is 34.8 Å². The van der Waals surface area contributed by atoms with Gasteiger partial charge in [0, 0.05) is 23.3 Å². The quantitative estimate of drug-likeness (QED) is 0.429. The fourth-order valence-corrected chi connectivity index (χ4v) is 3.44. The number of ether oxygens (including phenoxy) is 1. The van der Waals surface area contributed by atoms with E-state index in [4.69, 9.17) is 44.8 Å². The van der Waals surface area contributed by atoms with E-state index in [-0.39, 0.29) is 61.3 Å². The summed E-state index contributed by atoms with van der Waals surface area (Å²) in [5.41, 5.74) is 0.485. The Kier molecular flexibility index (Phi) is 6.86. The maximum absolute atomic E-state index is 15.0.